The molecule has 170 valence electrons. The van der Waals surface area contributed by atoms with Crippen LogP contribution in [0.25, 0.3) is 5.65 Å². The van der Waals surface area contributed by atoms with Crippen molar-refractivity contribution in [2.24, 2.45) is 4.99 Å². The summed E-state index contributed by atoms with van der Waals surface area (Å²) in [6, 6.07) is 12.8. The standard InChI is InChI=1S/C22H27F2N7O/c1-2-25-22(26-12-10-20-29-28-19-9-5-6-13-31(19)20)27-16-11-14-30(15-16)17-7-3-4-8-18(17)32-21(23)24/h3-9,13,16,21H,2,10-12,14-15H2,1H3,(H2,25,26,27). The third-order valence-corrected chi connectivity index (χ3v) is 5.28. The molecular formula is C22H27F2N7O. The van der Waals surface area contributed by atoms with Crippen LogP contribution in [-0.2, 0) is 6.42 Å². The van der Waals surface area contributed by atoms with Crippen LogP contribution in [-0.4, -0.2) is 59.4 Å². The van der Waals surface area contributed by atoms with E-state index < -0.39 is 6.61 Å². The number of fused-ring (bicyclic) bond motifs is 1. The molecular weight excluding hydrogens is 416 g/mol. The van der Waals surface area contributed by atoms with Crippen LogP contribution in [0, 0.1) is 0 Å². The molecule has 0 aliphatic carbocycles. The number of alkyl halides is 2. The van der Waals surface area contributed by atoms with Gasteiger partial charge in [-0.3, -0.25) is 9.39 Å². The zero-order chi connectivity index (χ0) is 22.3. The lowest BCUT2D eigenvalue weighted by Crippen LogP contribution is -2.44. The van der Waals surface area contributed by atoms with E-state index in [1.807, 2.05) is 47.9 Å². The Bertz CT molecular complexity index is 1060. The molecule has 8 nitrogen and oxygen atoms in total. The first-order chi connectivity index (χ1) is 15.6. The van der Waals surface area contributed by atoms with Crippen LogP contribution in [0.5, 0.6) is 5.75 Å². The highest BCUT2D eigenvalue weighted by Gasteiger charge is 2.26. The SMILES string of the molecule is CCNC(=NCCc1nnc2ccccn12)NC1CCN(c2ccccc2OC(F)F)C1. The van der Waals surface area contributed by atoms with Crippen molar-refractivity contribution in [2.45, 2.75) is 32.4 Å². The van der Waals surface area contributed by atoms with E-state index in [4.69, 9.17) is 0 Å². The predicted molar refractivity (Wildman–Crippen MR) is 119 cm³/mol. The van der Waals surface area contributed by atoms with Crippen molar-refractivity contribution in [2.75, 3.05) is 31.1 Å². The molecule has 0 radical (unpaired) electrons. The van der Waals surface area contributed by atoms with Gasteiger partial charge in [-0.15, -0.1) is 10.2 Å². The second kappa shape index (κ2) is 10.3. The first-order valence-corrected chi connectivity index (χ1v) is 10.8. The molecule has 2 N–H and O–H groups in total. The molecule has 1 aliphatic heterocycles. The number of hydrogen-bond donors (Lipinski definition) is 2. The summed E-state index contributed by atoms with van der Waals surface area (Å²) < 4.78 is 32.1. The summed E-state index contributed by atoms with van der Waals surface area (Å²) >= 11 is 0. The fourth-order valence-electron chi connectivity index (χ4n) is 3.85. The summed E-state index contributed by atoms with van der Waals surface area (Å²) in [5.41, 5.74) is 1.50. The molecule has 3 aromatic rings. The minimum atomic E-state index is -2.84. The van der Waals surface area contributed by atoms with Gasteiger partial charge in [-0.1, -0.05) is 18.2 Å². The van der Waals surface area contributed by atoms with Gasteiger partial charge in [-0.2, -0.15) is 8.78 Å². The van der Waals surface area contributed by atoms with Crippen LogP contribution >= 0.6 is 0 Å². The normalized spacial score (nSPS) is 16.7. The van der Waals surface area contributed by atoms with E-state index in [2.05, 4.69) is 35.5 Å². The van der Waals surface area contributed by atoms with Crippen LogP contribution in [0.15, 0.2) is 53.7 Å². The Kier molecular flexibility index (Phi) is 6.98. The molecule has 4 rings (SSSR count). The molecule has 1 aromatic carbocycles. The van der Waals surface area contributed by atoms with Gasteiger partial charge in [0.25, 0.3) is 0 Å². The molecule has 1 aliphatic rings. The van der Waals surface area contributed by atoms with Crippen molar-refractivity contribution >= 4 is 17.3 Å². The number of nitrogens with zero attached hydrogens (tertiary/aromatic N) is 5. The van der Waals surface area contributed by atoms with E-state index in [1.165, 1.54) is 0 Å². The third-order valence-electron chi connectivity index (χ3n) is 5.28. The van der Waals surface area contributed by atoms with Crippen molar-refractivity contribution in [3.8, 4) is 5.75 Å². The number of hydrogen-bond acceptors (Lipinski definition) is 5. The Balaban J connectivity index is 1.36. The molecule has 10 heteroatoms. The summed E-state index contributed by atoms with van der Waals surface area (Å²) in [7, 11) is 0. The average molecular weight is 444 g/mol. The maximum absolute atomic E-state index is 12.7. The number of ether oxygens (including phenoxy) is 1. The number of aromatic nitrogens is 3. The molecule has 0 bridgehead atoms. The highest BCUT2D eigenvalue weighted by molar-refractivity contribution is 5.80. The van der Waals surface area contributed by atoms with Gasteiger partial charge in [-0.05, 0) is 37.6 Å². The zero-order valence-corrected chi connectivity index (χ0v) is 17.9. The van der Waals surface area contributed by atoms with Gasteiger partial charge >= 0.3 is 6.61 Å². The molecule has 3 heterocycles. The van der Waals surface area contributed by atoms with Gasteiger partial charge in [0.1, 0.15) is 11.6 Å². The van der Waals surface area contributed by atoms with E-state index in [0.717, 1.165) is 36.9 Å². The largest absolute Gasteiger partial charge is 0.433 e. The second-order valence-corrected chi connectivity index (χ2v) is 7.48. The Hall–Kier alpha value is -3.43. The lowest BCUT2D eigenvalue weighted by atomic mass is 10.2. The molecule has 1 fully saturated rings. The maximum atomic E-state index is 12.7. The number of pyridine rings is 1. The molecule has 1 saturated heterocycles. The predicted octanol–water partition coefficient (Wildman–Crippen LogP) is 2.71. The number of nitrogens with one attached hydrogen (secondary N) is 2. The number of anilines is 1. The Morgan fingerprint density at radius 2 is 2.06 bits per heavy atom. The molecule has 2 aromatic heterocycles. The van der Waals surface area contributed by atoms with E-state index in [-0.39, 0.29) is 11.8 Å². The van der Waals surface area contributed by atoms with Crippen molar-refractivity contribution in [1.82, 2.24) is 25.2 Å². The van der Waals surface area contributed by atoms with Crippen molar-refractivity contribution < 1.29 is 13.5 Å². The highest BCUT2D eigenvalue weighted by Crippen LogP contribution is 2.31. The Labute approximate surface area is 185 Å². The van der Waals surface area contributed by atoms with Gasteiger partial charge in [0.2, 0.25) is 0 Å². The molecule has 0 spiro atoms. The minimum Gasteiger partial charge on any atom is -0.433 e. The average Bonchev–Trinajstić information content (AvgIpc) is 3.41. The fraction of sp³-hybridized carbons (Fsp3) is 0.409. The topological polar surface area (TPSA) is 79.1 Å². The van der Waals surface area contributed by atoms with Crippen LogP contribution in [0.2, 0.25) is 0 Å². The maximum Gasteiger partial charge on any atom is 0.387 e. The lowest BCUT2D eigenvalue weighted by molar-refractivity contribution is -0.0495. The van der Waals surface area contributed by atoms with Gasteiger partial charge in [-0.25, -0.2) is 0 Å². The molecule has 0 saturated carbocycles. The molecule has 1 unspecified atom stereocenters. The lowest BCUT2D eigenvalue weighted by Gasteiger charge is -2.22. The van der Waals surface area contributed by atoms with E-state index in [1.54, 1.807) is 12.1 Å². The second-order valence-electron chi connectivity index (χ2n) is 7.48. The number of halogens is 2. The number of guanidine groups is 1. The Morgan fingerprint density at radius 1 is 1.22 bits per heavy atom. The minimum absolute atomic E-state index is 0.140. The monoisotopic (exact) mass is 443 g/mol. The fourth-order valence-corrected chi connectivity index (χ4v) is 3.85. The number of para-hydroxylation sites is 2. The van der Waals surface area contributed by atoms with Gasteiger partial charge in [0, 0.05) is 44.8 Å². The van der Waals surface area contributed by atoms with Crippen LogP contribution in [0.4, 0.5) is 14.5 Å². The van der Waals surface area contributed by atoms with Crippen molar-refractivity contribution in [3.05, 3.63) is 54.5 Å². The van der Waals surface area contributed by atoms with Gasteiger partial charge < -0.3 is 20.3 Å². The smallest absolute Gasteiger partial charge is 0.387 e. The molecule has 32 heavy (non-hydrogen) atoms. The zero-order valence-electron chi connectivity index (χ0n) is 17.9. The summed E-state index contributed by atoms with van der Waals surface area (Å²) in [6.45, 7) is 1.88. The summed E-state index contributed by atoms with van der Waals surface area (Å²) in [5.74, 6) is 1.79. The van der Waals surface area contributed by atoms with Gasteiger partial charge in [0.05, 0.1) is 5.69 Å². The summed E-state index contributed by atoms with van der Waals surface area (Å²) in [4.78, 5) is 6.74. The van der Waals surface area contributed by atoms with E-state index in [9.17, 15) is 8.78 Å². The molecule has 0 amide bonds. The van der Waals surface area contributed by atoms with Gasteiger partial charge in [0.15, 0.2) is 11.6 Å². The summed E-state index contributed by atoms with van der Waals surface area (Å²) in [5, 5.41) is 15.1. The first-order valence-electron chi connectivity index (χ1n) is 10.8. The van der Waals surface area contributed by atoms with Crippen molar-refractivity contribution in [1.29, 1.82) is 0 Å². The highest BCUT2D eigenvalue weighted by atomic mass is 19.3. The Morgan fingerprint density at radius 3 is 2.91 bits per heavy atom. The van der Waals surface area contributed by atoms with Crippen LogP contribution in [0.3, 0.4) is 0 Å². The number of rotatable bonds is 8. The van der Waals surface area contributed by atoms with E-state index >= 15 is 0 Å². The van der Waals surface area contributed by atoms with Crippen molar-refractivity contribution in [3.63, 3.8) is 0 Å². The summed E-state index contributed by atoms with van der Waals surface area (Å²) in [6.07, 6.45) is 3.47. The van der Waals surface area contributed by atoms with Crippen LogP contribution in [0.1, 0.15) is 19.2 Å². The number of aliphatic imine (C=N–C) groups is 1. The quantitative estimate of drug-likeness (QED) is 0.412. The third kappa shape index (κ3) is 5.24. The van der Waals surface area contributed by atoms with Crippen LogP contribution < -0.4 is 20.3 Å². The molecule has 1 atom stereocenters. The number of benzene rings is 1. The van der Waals surface area contributed by atoms with E-state index in [0.29, 0.717) is 25.2 Å². The first kappa shape index (κ1) is 21.8.